The standard InChI is InChI=1S/C19H23NO.ClH/c1-3-18(19(21)17-12-8-5-9-13-17)20-15(2)14-16-10-6-4-7-11-16;/h4-13,15,18,20H,3,14H2,1-2H3;1H/t15-,18+;/m0./s1. The summed E-state index contributed by atoms with van der Waals surface area (Å²) in [7, 11) is 0. The molecule has 0 aromatic heterocycles. The van der Waals surface area contributed by atoms with Crippen molar-refractivity contribution in [3.05, 3.63) is 71.8 Å². The van der Waals surface area contributed by atoms with Gasteiger partial charge in [-0.2, -0.15) is 0 Å². The van der Waals surface area contributed by atoms with Crippen LogP contribution >= 0.6 is 12.4 Å². The molecule has 0 spiro atoms. The topological polar surface area (TPSA) is 29.1 Å². The molecule has 0 saturated heterocycles. The summed E-state index contributed by atoms with van der Waals surface area (Å²) in [5.74, 6) is 0.179. The molecular weight excluding hydrogens is 294 g/mol. The summed E-state index contributed by atoms with van der Waals surface area (Å²) >= 11 is 0. The Kier molecular flexibility index (Phi) is 7.86. The van der Waals surface area contributed by atoms with Gasteiger partial charge in [0.15, 0.2) is 5.78 Å². The Morgan fingerprint density at radius 1 is 1.00 bits per heavy atom. The fourth-order valence-corrected chi connectivity index (χ4v) is 2.55. The first kappa shape index (κ1) is 18.4. The highest BCUT2D eigenvalue weighted by molar-refractivity contribution is 6.00. The summed E-state index contributed by atoms with van der Waals surface area (Å²) in [6.45, 7) is 4.18. The van der Waals surface area contributed by atoms with Crippen LogP contribution in [-0.2, 0) is 6.42 Å². The number of carbonyl (C=O) groups is 1. The number of ketones is 1. The van der Waals surface area contributed by atoms with Crippen molar-refractivity contribution in [2.75, 3.05) is 0 Å². The summed E-state index contributed by atoms with van der Waals surface area (Å²) in [5, 5.41) is 3.46. The van der Waals surface area contributed by atoms with Crippen LogP contribution in [0.25, 0.3) is 0 Å². The minimum absolute atomic E-state index is 0. The molecule has 3 heteroatoms. The number of halogens is 1. The maximum atomic E-state index is 12.5. The summed E-state index contributed by atoms with van der Waals surface area (Å²) in [6.07, 6.45) is 1.73. The predicted molar refractivity (Wildman–Crippen MR) is 94.8 cm³/mol. The molecule has 0 unspecified atom stereocenters. The highest BCUT2D eigenvalue weighted by Gasteiger charge is 2.19. The van der Waals surface area contributed by atoms with Crippen LogP contribution in [0, 0.1) is 0 Å². The zero-order valence-corrected chi connectivity index (χ0v) is 14.0. The van der Waals surface area contributed by atoms with Crippen LogP contribution in [0.5, 0.6) is 0 Å². The van der Waals surface area contributed by atoms with E-state index >= 15 is 0 Å². The lowest BCUT2D eigenvalue weighted by molar-refractivity contribution is 0.0934. The smallest absolute Gasteiger partial charge is 0.179 e. The number of benzene rings is 2. The molecule has 0 radical (unpaired) electrons. The van der Waals surface area contributed by atoms with Gasteiger partial charge in [-0.25, -0.2) is 0 Å². The van der Waals surface area contributed by atoms with Crippen molar-refractivity contribution in [1.82, 2.24) is 5.32 Å². The quantitative estimate of drug-likeness (QED) is 0.772. The Balaban J connectivity index is 0.00000242. The first-order valence-corrected chi connectivity index (χ1v) is 7.60. The average molecular weight is 318 g/mol. The molecule has 0 bridgehead atoms. The van der Waals surface area contributed by atoms with Crippen molar-refractivity contribution >= 4 is 18.2 Å². The van der Waals surface area contributed by atoms with Gasteiger partial charge < -0.3 is 5.32 Å². The minimum atomic E-state index is -0.119. The van der Waals surface area contributed by atoms with Crippen LogP contribution in [0.3, 0.4) is 0 Å². The molecule has 0 heterocycles. The number of nitrogens with one attached hydrogen (secondary N) is 1. The van der Waals surface area contributed by atoms with Crippen molar-refractivity contribution in [2.24, 2.45) is 0 Å². The molecule has 22 heavy (non-hydrogen) atoms. The first-order chi connectivity index (χ1) is 10.2. The second-order valence-corrected chi connectivity index (χ2v) is 5.45. The normalized spacial score (nSPS) is 13.0. The highest BCUT2D eigenvalue weighted by Crippen LogP contribution is 2.09. The molecule has 2 atom stereocenters. The van der Waals surface area contributed by atoms with Crippen LogP contribution in [-0.4, -0.2) is 17.9 Å². The Morgan fingerprint density at radius 2 is 1.55 bits per heavy atom. The van der Waals surface area contributed by atoms with E-state index in [-0.39, 0.29) is 30.3 Å². The van der Waals surface area contributed by atoms with Crippen LogP contribution in [0.1, 0.15) is 36.2 Å². The van der Waals surface area contributed by atoms with Crippen molar-refractivity contribution in [2.45, 2.75) is 38.8 Å². The van der Waals surface area contributed by atoms with Crippen LogP contribution in [0.2, 0.25) is 0 Å². The third kappa shape index (κ3) is 5.28. The van der Waals surface area contributed by atoms with Crippen molar-refractivity contribution < 1.29 is 4.79 Å². The number of Topliss-reactive ketones (excluding diaryl/α,β-unsaturated/α-hetero) is 1. The zero-order valence-electron chi connectivity index (χ0n) is 13.2. The highest BCUT2D eigenvalue weighted by atomic mass is 35.5. The van der Waals surface area contributed by atoms with E-state index in [4.69, 9.17) is 0 Å². The Hall–Kier alpha value is -1.64. The van der Waals surface area contributed by atoms with E-state index in [9.17, 15) is 4.79 Å². The van der Waals surface area contributed by atoms with E-state index < -0.39 is 0 Å². The number of rotatable bonds is 7. The summed E-state index contributed by atoms with van der Waals surface area (Å²) < 4.78 is 0. The molecular formula is C19H24ClNO. The monoisotopic (exact) mass is 317 g/mol. The van der Waals surface area contributed by atoms with E-state index in [0.717, 1.165) is 18.4 Å². The Morgan fingerprint density at radius 3 is 2.09 bits per heavy atom. The zero-order chi connectivity index (χ0) is 15.1. The molecule has 0 amide bonds. The van der Waals surface area contributed by atoms with E-state index in [1.54, 1.807) is 0 Å². The van der Waals surface area contributed by atoms with Gasteiger partial charge in [0.25, 0.3) is 0 Å². The molecule has 1 N–H and O–H groups in total. The van der Waals surface area contributed by atoms with Crippen molar-refractivity contribution in [3.63, 3.8) is 0 Å². The SMILES string of the molecule is CC[C@@H](N[C@@H](C)Cc1ccccc1)C(=O)c1ccccc1.Cl. The van der Waals surface area contributed by atoms with Crippen molar-refractivity contribution in [3.8, 4) is 0 Å². The van der Waals surface area contributed by atoms with Crippen LogP contribution < -0.4 is 5.32 Å². The number of hydrogen-bond acceptors (Lipinski definition) is 2. The van der Waals surface area contributed by atoms with E-state index in [1.165, 1.54) is 5.56 Å². The number of carbonyl (C=O) groups excluding carboxylic acids is 1. The molecule has 2 aromatic carbocycles. The first-order valence-electron chi connectivity index (χ1n) is 7.60. The number of hydrogen-bond donors (Lipinski definition) is 1. The van der Waals surface area contributed by atoms with Gasteiger partial charge in [-0.15, -0.1) is 12.4 Å². The van der Waals surface area contributed by atoms with Gasteiger partial charge >= 0.3 is 0 Å². The summed E-state index contributed by atoms with van der Waals surface area (Å²) in [5.41, 5.74) is 2.07. The predicted octanol–water partition coefficient (Wildman–Crippen LogP) is 4.29. The van der Waals surface area contributed by atoms with Gasteiger partial charge in [-0.3, -0.25) is 4.79 Å². The van der Waals surface area contributed by atoms with E-state index in [0.29, 0.717) is 0 Å². The molecule has 2 rings (SSSR count). The molecule has 0 aliphatic heterocycles. The van der Waals surface area contributed by atoms with Gasteiger partial charge in [0.05, 0.1) is 6.04 Å². The molecule has 0 fully saturated rings. The van der Waals surface area contributed by atoms with Crippen molar-refractivity contribution in [1.29, 1.82) is 0 Å². The fraction of sp³-hybridized carbons (Fsp3) is 0.316. The lowest BCUT2D eigenvalue weighted by atomic mass is 10.00. The van der Waals surface area contributed by atoms with E-state index in [2.05, 4.69) is 36.5 Å². The molecule has 118 valence electrons. The van der Waals surface area contributed by atoms with Crippen LogP contribution in [0.4, 0.5) is 0 Å². The fourth-order valence-electron chi connectivity index (χ4n) is 2.55. The van der Waals surface area contributed by atoms with Gasteiger partial charge in [-0.05, 0) is 25.3 Å². The Labute approximate surface area is 139 Å². The largest absolute Gasteiger partial charge is 0.304 e. The summed E-state index contributed by atoms with van der Waals surface area (Å²) in [4.78, 5) is 12.5. The maximum Gasteiger partial charge on any atom is 0.179 e. The van der Waals surface area contributed by atoms with Gasteiger partial charge in [-0.1, -0.05) is 67.6 Å². The molecule has 0 saturated carbocycles. The van der Waals surface area contributed by atoms with Gasteiger partial charge in [0, 0.05) is 11.6 Å². The average Bonchev–Trinajstić information content (AvgIpc) is 2.53. The molecule has 0 aliphatic rings. The van der Waals surface area contributed by atoms with Gasteiger partial charge in [0.2, 0.25) is 0 Å². The Bertz CT molecular complexity index is 556. The third-order valence-electron chi connectivity index (χ3n) is 3.65. The second-order valence-electron chi connectivity index (χ2n) is 5.45. The molecule has 2 aromatic rings. The van der Waals surface area contributed by atoms with Gasteiger partial charge in [0.1, 0.15) is 0 Å². The summed E-state index contributed by atoms with van der Waals surface area (Å²) in [6, 6.07) is 20.0. The lowest BCUT2D eigenvalue weighted by Crippen LogP contribution is -2.42. The maximum absolute atomic E-state index is 12.5. The lowest BCUT2D eigenvalue weighted by Gasteiger charge is -2.21. The molecule has 0 aliphatic carbocycles. The van der Waals surface area contributed by atoms with Crippen LogP contribution in [0.15, 0.2) is 60.7 Å². The minimum Gasteiger partial charge on any atom is -0.304 e. The third-order valence-corrected chi connectivity index (χ3v) is 3.65. The molecule has 2 nitrogen and oxygen atoms in total. The second kappa shape index (κ2) is 9.39. The van der Waals surface area contributed by atoms with E-state index in [1.807, 2.05) is 43.3 Å².